The summed E-state index contributed by atoms with van der Waals surface area (Å²) >= 11 is 1.41. The van der Waals surface area contributed by atoms with Crippen LogP contribution >= 0.6 is 11.8 Å². The van der Waals surface area contributed by atoms with Gasteiger partial charge < -0.3 is 14.6 Å². The van der Waals surface area contributed by atoms with Gasteiger partial charge in [-0.05, 0) is 24.1 Å². The van der Waals surface area contributed by atoms with E-state index in [0.717, 1.165) is 22.8 Å². The van der Waals surface area contributed by atoms with Crippen LogP contribution in [0.1, 0.15) is 24.3 Å². The molecule has 1 aliphatic heterocycles. The van der Waals surface area contributed by atoms with Gasteiger partial charge in [0, 0.05) is 18.4 Å². The Morgan fingerprint density at radius 1 is 1.46 bits per heavy atom. The minimum absolute atomic E-state index is 0.0601. The number of nitrogens with zero attached hydrogens (tertiary/aromatic N) is 2. The van der Waals surface area contributed by atoms with Crippen LogP contribution in [0.5, 0.6) is 0 Å². The first kappa shape index (κ1) is 17.0. The molecule has 0 spiro atoms. The number of amides is 1. The molecule has 3 rings (SSSR count). The zero-order valence-electron chi connectivity index (χ0n) is 13.5. The molecule has 0 bridgehead atoms. The standard InChI is InChI=1S/C17H20FN3O2S/c1-2-14-9-19-17(20-14)24-11-16(22)21-7-8-23-15(10-21)12-3-5-13(18)6-4-12/h3-6,9,15H,2,7-8,10-11H2,1H3,(H,19,20). The number of imidazole rings is 1. The molecule has 0 aliphatic carbocycles. The SMILES string of the molecule is CCc1cnc(SCC(=O)N2CCOC(c3ccc(F)cc3)C2)[nH]1. The van der Waals surface area contributed by atoms with Gasteiger partial charge in [0.25, 0.3) is 0 Å². The van der Waals surface area contributed by atoms with Crippen molar-refractivity contribution in [3.63, 3.8) is 0 Å². The van der Waals surface area contributed by atoms with Crippen LogP contribution in [0.2, 0.25) is 0 Å². The lowest BCUT2D eigenvalue weighted by molar-refractivity contribution is -0.136. The number of nitrogens with one attached hydrogen (secondary N) is 1. The van der Waals surface area contributed by atoms with Gasteiger partial charge in [0.2, 0.25) is 5.91 Å². The van der Waals surface area contributed by atoms with Gasteiger partial charge in [-0.1, -0.05) is 30.8 Å². The number of H-pyrrole nitrogens is 1. The molecule has 1 fully saturated rings. The molecule has 2 aromatic rings. The third-order valence-corrected chi connectivity index (χ3v) is 4.85. The third kappa shape index (κ3) is 4.15. The Morgan fingerprint density at radius 2 is 2.25 bits per heavy atom. The van der Waals surface area contributed by atoms with Gasteiger partial charge in [-0.25, -0.2) is 9.37 Å². The van der Waals surface area contributed by atoms with Crippen molar-refractivity contribution in [3.05, 3.63) is 47.5 Å². The van der Waals surface area contributed by atoms with E-state index in [2.05, 4.69) is 16.9 Å². The lowest BCUT2D eigenvalue weighted by Gasteiger charge is -2.33. The van der Waals surface area contributed by atoms with E-state index in [1.54, 1.807) is 23.2 Å². The van der Waals surface area contributed by atoms with Gasteiger partial charge in [0.15, 0.2) is 5.16 Å². The summed E-state index contributed by atoms with van der Waals surface area (Å²) in [5, 5.41) is 0.767. The fourth-order valence-corrected chi connectivity index (χ4v) is 3.34. The molecule has 5 nitrogen and oxygen atoms in total. The Morgan fingerprint density at radius 3 is 2.96 bits per heavy atom. The molecule has 24 heavy (non-hydrogen) atoms. The van der Waals surface area contributed by atoms with E-state index in [1.165, 1.54) is 23.9 Å². The average molecular weight is 349 g/mol. The fraction of sp³-hybridized carbons (Fsp3) is 0.412. The van der Waals surface area contributed by atoms with Crippen molar-refractivity contribution < 1.29 is 13.9 Å². The number of rotatable bonds is 5. The molecule has 0 radical (unpaired) electrons. The molecule has 1 aromatic heterocycles. The highest BCUT2D eigenvalue weighted by molar-refractivity contribution is 7.99. The fourth-order valence-electron chi connectivity index (χ4n) is 2.57. The second kappa shape index (κ2) is 7.81. The predicted octanol–water partition coefficient (Wildman–Crippen LogP) is 2.80. The highest BCUT2D eigenvalue weighted by atomic mass is 32.2. The lowest BCUT2D eigenvalue weighted by Crippen LogP contribution is -2.43. The maximum Gasteiger partial charge on any atom is 0.233 e. The average Bonchev–Trinajstić information content (AvgIpc) is 3.08. The number of halogens is 1. The van der Waals surface area contributed by atoms with Gasteiger partial charge in [-0.15, -0.1) is 0 Å². The van der Waals surface area contributed by atoms with E-state index in [1.807, 2.05) is 0 Å². The molecular weight excluding hydrogens is 329 g/mol. The molecule has 1 amide bonds. The molecule has 7 heteroatoms. The number of hydrogen-bond donors (Lipinski definition) is 1. The molecular formula is C17H20FN3O2S. The molecule has 1 aliphatic rings. The lowest BCUT2D eigenvalue weighted by atomic mass is 10.1. The Bertz CT molecular complexity index is 689. The van der Waals surface area contributed by atoms with E-state index < -0.39 is 0 Å². The van der Waals surface area contributed by atoms with E-state index in [-0.39, 0.29) is 17.8 Å². The summed E-state index contributed by atoms with van der Waals surface area (Å²) in [6.45, 7) is 3.61. The van der Waals surface area contributed by atoms with Gasteiger partial charge in [0.05, 0.1) is 18.9 Å². The van der Waals surface area contributed by atoms with Crippen LogP contribution in [-0.2, 0) is 16.0 Å². The number of aryl methyl sites for hydroxylation is 1. The highest BCUT2D eigenvalue weighted by Crippen LogP contribution is 2.23. The summed E-state index contributed by atoms with van der Waals surface area (Å²) in [7, 11) is 0. The quantitative estimate of drug-likeness (QED) is 0.844. The Kier molecular flexibility index (Phi) is 5.52. The Hall–Kier alpha value is -1.86. The molecule has 1 aromatic carbocycles. The molecule has 1 saturated heterocycles. The molecule has 1 N–H and O–H groups in total. The number of thioether (sulfide) groups is 1. The van der Waals surface area contributed by atoms with Crippen molar-refractivity contribution >= 4 is 17.7 Å². The molecule has 128 valence electrons. The van der Waals surface area contributed by atoms with Crippen LogP contribution in [0.3, 0.4) is 0 Å². The Labute approximate surface area is 144 Å². The normalized spacial score (nSPS) is 17.9. The maximum absolute atomic E-state index is 13.0. The number of hydrogen-bond acceptors (Lipinski definition) is 4. The number of ether oxygens (including phenoxy) is 1. The van der Waals surface area contributed by atoms with Gasteiger partial charge in [-0.3, -0.25) is 4.79 Å². The highest BCUT2D eigenvalue weighted by Gasteiger charge is 2.25. The smallest absolute Gasteiger partial charge is 0.233 e. The summed E-state index contributed by atoms with van der Waals surface area (Å²) < 4.78 is 18.8. The van der Waals surface area contributed by atoms with Crippen LogP contribution in [0, 0.1) is 5.82 Å². The number of aromatic nitrogens is 2. The number of carbonyl (C=O) groups excluding carboxylic acids is 1. The second-order valence-electron chi connectivity index (χ2n) is 5.61. The van der Waals surface area contributed by atoms with Crippen molar-refractivity contribution in [3.8, 4) is 0 Å². The maximum atomic E-state index is 13.0. The van der Waals surface area contributed by atoms with E-state index >= 15 is 0 Å². The van der Waals surface area contributed by atoms with Gasteiger partial charge in [-0.2, -0.15) is 0 Å². The zero-order chi connectivity index (χ0) is 16.9. The second-order valence-corrected chi connectivity index (χ2v) is 6.57. The molecule has 1 unspecified atom stereocenters. The summed E-state index contributed by atoms with van der Waals surface area (Å²) in [5.74, 6) is 0.126. The van der Waals surface area contributed by atoms with Crippen molar-refractivity contribution in [1.82, 2.24) is 14.9 Å². The molecule has 1 atom stereocenters. The van der Waals surface area contributed by atoms with Crippen LogP contribution in [0.4, 0.5) is 4.39 Å². The zero-order valence-corrected chi connectivity index (χ0v) is 14.3. The third-order valence-electron chi connectivity index (χ3n) is 3.98. The monoisotopic (exact) mass is 349 g/mol. The number of carbonyl (C=O) groups is 1. The number of aromatic amines is 1. The summed E-state index contributed by atoms with van der Waals surface area (Å²) in [5.41, 5.74) is 1.95. The number of benzene rings is 1. The molecule has 0 saturated carbocycles. The van der Waals surface area contributed by atoms with E-state index in [0.29, 0.717) is 25.4 Å². The van der Waals surface area contributed by atoms with Crippen molar-refractivity contribution in [1.29, 1.82) is 0 Å². The van der Waals surface area contributed by atoms with Crippen LogP contribution < -0.4 is 0 Å². The first-order valence-corrected chi connectivity index (χ1v) is 8.95. The summed E-state index contributed by atoms with van der Waals surface area (Å²) in [4.78, 5) is 21.7. The minimum Gasteiger partial charge on any atom is -0.370 e. The minimum atomic E-state index is -0.274. The first-order chi connectivity index (χ1) is 11.7. The van der Waals surface area contributed by atoms with Crippen LogP contribution in [0.15, 0.2) is 35.6 Å². The van der Waals surface area contributed by atoms with E-state index in [4.69, 9.17) is 4.74 Å². The van der Waals surface area contributed by atoms with Gasteiger partial charge in [0.1, 0.15) is 11.9 Å². The van der Waals surface area contributed by atoms with Crippen LogP contribution in [0.25, 0.3) is 0 Å². The summed E-state index contributed by atoms with van der Waals surface area (Å²) in [6.07, 6.45) is 2.49. The van der Waals surface area contributed by atoms with Crippen molar-refractivity contribution in [2.45, 2.75) is 24.6 Å². The topological polar surface area (TPSA) is 58.2 Å². The van der Waals surface area contributed by atoms with Crippen molar-refractivity contribution in [2.24, 2.45) is 0 Å². The van der Waals surface area contributed by atoms with Crippen molar-refractivity contribution in [2.75, 3.05) is 25.4 Å². The predicted molar refractivity (Wildman–Crippen MR) is 90.4 cm³/mol. The van der Waals surface area contributed by atoms with Gasteiger partial charge >= 0.3 is 0 Å². The Balaban J connectivity index is 1.55. The molecule has 2 heterocycles. The largest absolute Gasteiger partial charge is 0.370 e. The number of morpholine rings is 1. The van der Waals surface area contributed by atoms with Crippen LogP contribution in [-0.4, -0.2) is 46.2 Å². The summed E-state index contributed by atoms with van der Waals surface area (Å²) in [6, 6.07) is 6.24. The first-order valence-electron chi connectivity index (χ1n) is 7.97. The van der Waals surface area contributed by atoms with E-state index in [9.17, 15) is 9.18 Å².